The number of unbranched alkanes of at least 4 members (excludes halogenated alkanes) is 22. The summed E-state index contributed by atoms with van der Waals surface area (Å²) >= 11 is 7.17. The summed E-state index contributed by atoms with van der Waals surface area (Å²) in [6.07, 6.45) is 34.9. The molecule has 0 aliphatic carbocycles. The predicted octanol–water partition coefficient (Wildman–Crippen LogP) is 25.4. The van der Waals surface area contributed by atoms with Crippen LogP contribution >= 0.6 is 31.9 Å². The molecule has 0 amide bonds. The monoisotopic (exact) mass is 1430 g/mol. The van der Waals surface area contributed by atoms with Crippen LogP contribution in [-0.4, -0.2) is 54.0 Å². The van der Waals surface area contributed by atoms with Crippen LogP contribution in [0, 0.1) is 0 Å². The molecule has 9 nitrogen and oxygen atoms in total. The van der Waals surface area contributed by atoms with Gasteiger partial charge in [-0.1, -0.05) is 204 Å². The highest BCUT2D eigenvalue weighted by atomic mass is 79.9. The van der Waals surface area contributed by atoms with Gasteiger partial charge in [0, 0.05) is 0 Å². The standard InChI is InChI=1S/C80H112Br2O9Si2/c1-9-11-13-29-35-63(3)87-77-55-45-69(61-75(77)81)79(83)89-73-51-41-67(42-52-73)65-37-47-71(48-38-65)85-57-31-25-21-17-15-19-23-27-33-59-92(5,6)91-93(7,8)60-34-28-24-20-16-18-22-26-32-58-86-72-49-39-66(40-50-72)68-43-53-74(54-44-68)90-80(84)70-46-56-78(76(82)62-70)88-64(4)36-30-14-12-10-2/h37-56,61-64H,9-36,57-60H2,1-8H3/t63-,64-/m0/s1. The van der Waals surface area contributed by atoms with E-state index < -0.39 is 28.6 Å². The Morgan fingerprint density at radius 1 is 0.366 bits per heavy atom. The smallest absolute Gasteiger partial charge is 0.343 e. The fraction of sp³-hybridized carbons (Fsp3) is 0.525. The topological polar surface area (TPSA) is 98.8 Å². The third-order valence-electron chi connectivity index (χ3n) is 17.4. The molecule has 508 valence electrons. The van der Waals surface area contributed by atoms with Gasteiger partial charge in [0.2, 0.25) is 0 Å². The number of halogens is 2. The third kappa shape index (κ3) is 30.6. The molecule has 0 unspecified atom stereocenters. The molecule has 0 fully saturated rings. The molecule has 13 heteroatoms. The number of carbonyl (C=O) groups is 2. The largest absolute Gasteiger partial charge is 0.494 e. The normalized spacial score (nSPS) is 12.3. The number of ether oxygens (including phenoxy) is 6. The minimum atomic E-state index is -1.65. The maximum Gasteiger partial charge on any atom is 0.343 e. The van der Waals surface area contributed by atoms with Crippen LogP contribution in [0.1, 0.15) is 228 Å². The van der Waals surface area contributed by atoms with E-state index in [4.69, 9.17) is 32.5 Å². The van der Waals surface area contributed by atoms with Gasteiger partial charge >= 0.3 is 11.9 Å². The van der Waals surface area contributed by atoms with Gasteiger partial charge < -0.3 is 32.5 Å². The first-order valence-electron chi connectivity index (χ1n) is 35.7. The summed E-state index contributed by atoms with van der Waals surface area (Å²) in [7, 11) is -3.30. The zero-order chi connectivity index (χ0) is 66.5. The van der Waals surface area contributed by atoms with E-state index >= 15 is 0 Å². The summed E-state index contributed by atoms with van der Waals surface area (Å²) in [6.45, 7) is 19.9. The van der Waals surface area contributed by atoms with Gasteiger partial charge in [-0.15, -0.1) is 0 Å². The summed E-state index contributed by atoms with van der Waals surface area (Å²) < 4.78 is 44.4. The molecule has 2 atom stereocenters. The van der Waals surface area contributed by atoms with Crippen molar-refractivity contribution in [3.05, 3.63) is 154 Å². The Labute approximate surface area is 580 Å². The quantitative estimate of drug-likeness (QED) is 0.0160. The van der Waals surface area contributed by atoms with Crippen molar-refractivity contribution in [3.63, 3.8) is 0 Å². The van der Waals surface area contributed by atoms with Gasteiger partial charge in [0.05, 0.1) is 45.5 Å². The van der Waals surface area contributed by atoms with Crippen LogP contribution in [0.2, 0.25) is 38.3 Å². The number of hydrogen-bond donors (Lipinski definition) is 0. The summed E-state index contributed by atoms with van der Waals surface area (Å²) in [5, 5.41) is 0. The van der Waals surface area contributed by atoms with Crippen molar-refractivity contribution < 1.29 is 42.1 Å². The second-order valence-electron chi connectivity index (χ2n) is 26.9. The zero-order valence-corrected chi connectivity index (χ0v) is 63.1. The lowest BCUT2D eigenvalue weighted by atomic mass is 10.1. The van der Waals surface area contributed by atoms with Gasteiger partial charge in [-0.3, -0.25) is 0 Å². The molecular weight excluding hydrogens is 1320 g/mol. The molecule has 0 aromatic heterocycles. The Hall–Kier alpha value is -5.19. The Balaban J connectivity index is 0.704. The zero-order valence-electron chi connectivity index (χ0n) is 57.9. The molecule has 0 N–H and O–H groups in total. The molecule has 0 bridgehead atoms. The SMILES string of the molecule is CCCCCC[C@H](C)Oc1ccc(C(=O)Oc2ccc(-c3ccc(OCCCCCCCCCCC[Si](C)(C)O[Si](C)(C)CCCCCCCCCCCOc4ccc(-c5ccc(OC(=O)c6ccc(O[C@@H](C)CCCCCC)c(Br)c6)cc5)cc4)cc3)cc2)cc1Br. The van der Waals surface area contributed by atoms with Crippen LogP contribution in [0.25, 0.3) is 22.3 Å². The van der Waals surface area contributed by atoms with E-state index in [1.54, 1.807) is 24.3 Å². The Kier molecular flexibility index (Phi) is 35.6. The van der Waals surface area contributed by atoms with Gasteiger partial charge in [-0.05, 0) is 230 Å². The van der Waals surface area contributed by atoms with E-state index in [1.165, 1.54) is 153 Å². The maximum absolute atomic E-state index is 13.0. The number of benzene rings is 6. The predicted molar refractivity (Wildman–Crippen MR) is 399 cm³/mol. The summed E-state index contributed by atoms with van der Waals surface area (Å²) in [6, 6.07) is 45.0. The molecule has 93 heavy (non-hydrogen) atoms. The number of rotatable bonds is 48. The molecule has 0 aliphatic rings. The van der Waals surface area contributed by atoms with Crippen LogP contribution in [0.5, 0.6) is 34.5 Å². The molecule has 6 aromatic carbocycles. The maximum atomic E-state index is 13.0. The molecule has 0 heterocycles. The van der Waals surface area contributed by atoms with E-state index in [0.717, 1.165) is 106 Å². The van der Waals surface area contributed by atoms with E-state index in [9.17, 15) is 9.59 Å². The Morgan fingerprint density at radius 2 is 0.656 bits per heavy atom. The first-order valence-corrected chi connectivity index (χ1v) is 43.5. The van der Waals surface area contributed by atoms with Crippen LogP contribution in [0.4, 0.5) is 0 Å². The van der Waals surface area contributed by atoms with Crippen LogP contribution in [0.3, 0.4) is 0 Å². The molecule has 0 spiro atoms. The van der Waals surface area contributed by atoms with Crippen molar-refractivity contribution in [1.29, 1.82) is 0 Å². The summed E-state index contributed by atoms with van der Waals surface area (Å²) in [5.74, 6) is 3.43. The average Bonchev–Trinajstić information content (AvgIpc) is 1.01. The molecule has 0 radical (unpaired) electrons. The third-order valence-corrected chi connectivity index (χ3v) is 26.1. The summed E-state index contributed by atoms with van der Waals surface area (Å²) in [5.41, 5.74) is 5.18. The molecule has 0 saturated carbocycles. The Bertz CT molecular complexity index is 2840. The average molecular weight is 1430 g/mol. The fourth-order valence-electron chi connectivity index (χ4n) is 12.0. The Morgan fingerprint density at radius 3 is 0.968 bits per heavy atom. The van der Waals surface area contributed by atoms with Crippen molar-refractivity contribution in [2.75, 3.05) is 13.2 Å². The molecular formula is C80H112Br2O9Si2. The lowest BCUT2D eigenvalue weighted by molar-refractivity contribution is 0.0725. The van der Waals surface area contributed by atoms with Crippen molar-refractivity contribution in [2.24, 2.45) is 0 Å². The van der Waals surface area contributed by atoms with Crippen molar-refractivity contribution >= 4 is 60.4 Å². The number of hydrogen-bond acceptors (Lipinski definition) is 9. The number of esters is 2. The highest BCUT2D eigenvalue weighted by molar-refractivity contribution is 9.11. The van der Waals surface area contributed by atoms with Gasteiger partial charge in [-0.25, -0.2) is 9.59 Å². The van der Waals surface area contributed by atoms with E-state index in [-0.39, 0.29) is 12.2 Å². The first kappa shape index (κ1) is 76.8. The van der Waals surface area contributed by atoms with Gasteiger partial charge in [0.15, 0.2) is 16.6 Å². The molecule has 6 aromatic rings. The second kappa shape index (κ2) is 43.1. The second-order valence-corrected chi connectivity index (χ2v) is 37.5. The molecule has 6 rings (SSSR count). The van der Waals surface area contributed by atoms with E-state index in [2.05, 4.69) is 110 Å². The van der Waals surface area contributed by atoms with Gasteiger partial charge in [0.1, 0.15) is 34.5 Å². The van der Waals surface area contributed by atoms with Gasteiger partial charge in [-0.2, -0.15) is 0 Å². The van der Waals surface area contributed by atoms with Crippen LogP contribution < -0.4 is 28.4 Å². The minimum Gasteiger partial charge on any atom is -0.494 e. The van der Waals surface area contributed by atoms with Crippen LogP contribution in [0.15, 0.2) is 142 Å². The highest BCUT2D eigenvalue weighted by Gasteiger charge is 2.32. The first-order chi connectivity index (χ1) is 45.0. The van der Waals surface area contributed by atoms with E-state index in [1.807, 2.05) is 84.9 Å². The van der Waals surface area contributed by atoms with Crippen molar-refractivity contribution in [3.8, 4) is 56.8 Å². The van der Waals surface area contributed by atoms with Crippen molar-refractivity contribution in [2.45, 2.75) is 258 Å². The summed E-state index contributed by atoms with van der Waals surface area (Å²) in [4.78, 5) is 26.0. The highest BCUT2D eigenvalue weighted by Crippen LogP contribution is 2.33. The van der Waals surface area contributed by atoms with Crippen LogP contribution in [-0.2, 0) is 4.12 Å². The van der Waals surface area contributed by atoms with E-state index in [0.29, 0.717) is 22.6 Å². The minimum absolute atomic E-state index is 0.109. The fourth-order valence-corrected chi connectivity index (χ4v) is 21.9. The van der Waals surface area contributed by atoms with Gasteiger partial charge in [0.25, 0.3) is 0 Å². The van der Waals surface area contributed by atoms with Crippen molar-refractivity contribution in [1.82, 2.24) is 0 Å². The number of carbonyl (C=O) groups excluding carboxylic acids is 2. The lowest BCUT2D eigenvalue weighted by Gasteiger charge is -2.34. The molecule has 0 saturated heterocycles. The molecule has 0 aliphatic heterocycles. The lowest BCUT2D eigenvalue weighted by Crippen LogP contribution is -2.44.